The maximum absolute atomic E-state index is 14.1. The minimum absolute atomic E-state index is 0.00322. The number of hydrogen-bond donors (Lipinski definition) is 3. The first-order valence-electron chi connectivity index (χ1n) is 17.3. The highest BCUT2D eigenvalue weighted by atomic mass is 16.6. The molecule has 7 rings (SSSR count). The molecule has 0 aliphatic carbocycles. The number of benzene rings is 2. The Labute approximate surface area is 279 Å². The second-order valence-corrected chi connectivity index (χ2v) is 13.5. The number of hydrogen-bond acceptors (Lipinski definition) is 8. The SMILES string of the molecule is Cc1cc(C[C@@H](OC(=O)N2CCC(N3CCc4ccccc4NC3=O)CC2)C(=O)N2CCC(N3CCNCC3)CC2)cc2oc(=O)[nH]c12. The van der Waals surface area contributed by atoms with Crippen LogP contribution in [0, 0.1) is 6.92 Å². The van der Waals surface area contributed by atoms with Crippen molar-refractivity contribution in [3.05, 3.63) is 63.6 Å². The lowest BCUT2D eigenvalue weighted by Crippen LogP contribution is -2.54. The third-order valence-electron chi connectivity index (χ3n) is 10.5. The van der Waals surface area contributed by atoms with Crippen LogP contribution in [0.2, 0.25) is 0 Å². The van der Waals surface area contributed by atoms with Gasteiger partial charge in [0.25, 0.3) is 5.91 Å². The topological polar surface area (TPSA) is 143 Å². The summed E-state index contributed by atoms with van der Waals surface area (Å²) in [5.41, 5.74) is 4.55. The van der Waals surface area contributed by atoms with Gasteiger partial charge in [-0.2, -0.15) is 0 Å². The van der Waals surface area contributed by atoms with Gasteiger partial charge in [-0.05, 0) is 67.9 Å². The molecule has 48 heavy (non-hydrogen) atoms. The number of nitrogens with one attached hydrogen (secondary N) is 3. The summed E-state index contributed by atoms with van der Waals surface area (Å²) in [4.78, 5) is 63.2. The lowest BCUT2D eigenvalue weighted by Gasteiger charge is -2.41. The quantitative estimate of drug-likeness (QED) is 0.367. The Kier molecular flexibility index (Phi) is 9.40. The number of anilines is 1. The number of H-pyrrole nitrogens is 1. The molecule has 1 aromatic heterocycles. The lowest BCUT2D eigenvalue weighted by atomic mass is 10.00. The maximum Gasteiger partial charge on any atom is 0.417 e. The molecule has 0 unspecified atom stereocenters. The van der Waals surface area contributed by atoms with Crippen molar-refractivity contribution >= 4 is 34.8 Å². The number of urea groups is 1. The van der Waals surface area contributed by atoms with E-state index in [4.69, 9.17) is 9.15 Å². The number of fused-ring (bicyclic) bond motifs is 2. The first kappa shape index (κ1) is 32.2. The van der Waals surface area contributed by atoms with Crippen molar-refractivity contribution in [2.24, 2.45) is 0 Å². The van der Waals surface area contributed by atoms with Crippen molar-refractivity contribution in [1.82, 2.24) is 29.9 Å². The van der Waals surface area contributed by atoms with Crippen molar-refractivity contribution in [2.45, 2.75) is 63.6 Å². The van der Waals surface area contributed by atoms with Gasteiger partial charge in [0.1, 0.15) is 0 Å². The van der Waals surface area contributed by atoms with Crippen LogP contribution in [0.3, 0.4) is 0 Å². The Hall–Kier alpha value is -4.36. The number of carbonyl (C=O) groups is 3. The van der Waals surface area contributed by atoms with Gasteiger partial charge in [-0.3, -0.25) is 14.7 Å². The van der Waals surface area contributed by atoms with Gasteiger partial charge < -0.3 is 34.5 Å². The average Bonchev–Trinajstić information content (AvgIpc) is 3.40. The number of amides is 4. The number of aromatic nitrogens is 1. The van der Waals surface area contributed by atoms with Crippen LogP contribution >= 0.6 is 0 Å². The van der Waals surface area contributed by atoms with Crippen molar-refractivity contribution in [1.29, 1.82) is 0 Å². The van der Waals surface area contributed by atoms with Crippen LogP contribution in [0.25, 0.3) is 11.1 Å². The Balaban J connectivity index is 1.01. The minimum Gasteiger partial charge on any atom is -0.436 e. The number of ether oxygens (including phenoxy) is 1. The molecule has 5 heterocycles. The molecule has 0 saturated carbocycles. The molecule has 3 saturated heterocycles. The van der Waals surface area contributed by atoms with Crippen LogP contribution in [0.15, 0.2) is 45.6 Å². The Morgan fingerprint density at radius 2 is 1.62 bits per heavy atom. The molecule has 4 aliphatic heterocycles. The number of rotatable bonds is 6. The van der Waals surface area contributed by atoms with Crippen molar-refractivity contribution in [3.8, 4) is 0 Å². The van der Waals surface area contributed by atoms with Crippen LogP contribution in [-0.4, -0.2) is 120 Å². The first-order chi connectivity index (χ1) is 23.3. The fraction of sp³-hybridized carbons (Fsp3) is 0.543. The zero-order valence-electron chi connectivity index (χ0n) is 27.5. The van der Waals surface area contributed by atoms with E-state index in [1.54, 1.807) is 11.0 Å². The standard InChI is InChI=1S/C35H45N7O6/c1-23-20-24(21-29-31(23)38-34(45)47-29)22-30(32(43)40-13-7-26(8-14-40)39-18-11-36-12-19-39)48-35(46)41-15-9-27(10-16-41)42-17-6-25-4-2-3-5-28(25)37-33(42)44/h2-5,20-21,26-27,30,36H,6-19,22H2,1H3,(H,37,44)(H,38,45)/t30-/m1/s1. The van der Waals surface area contributed by atoms with Gasteiger partial charge in [0.05, 0.1) is 5.52 Å². The molecule has 3 aromatic rings. The van der Waals surface area contributed by atoms with Crippen molar-refractivity contribution in [3.63, 3.8) is 0 Å². The largest absolute Gasteiger partial charge is 0.436 e. The Morgan fingerprint density at radius 3 is 2.40 bits per heavy atom. The zero-order chi connectivity index (χ0) is 33.2. The number of aromatic amines is 1. The van der Waals surface area contributed by atoms with Gasteiger partial charge >= 0.3 is 17.9 Å². The number of aryl methyl sites for hydroxylation is 1. The second-order valence-electron chi connectivity index (χ2n) is 13.5. The summed E-state index contributed by atoms with van der Waals surface area (Å²) >= 11 is 0. The highest BCUT2D eigenvalue weighted by molar-refractivity contribution is 5.91. The summed E-state index contributed by atoms with van der Waals surface area (Å²) in [6.45, 7) is 8.56. The summed E-state index contributed by atoms with van der Waals surface area (Å²) in [5.74, 6) is -0.742. The average molecular weight is 660 g/mol. The fourth-order valence-electron chi connectivity index (χ4n) is 7.80. The van der Waals surface area contributed by atoms with E-state index >= 15 is 0 Å². The lowest BCUT2D eigenvalue weighted by molar-refractivity contribution is -0.142. The van der Waals surface area contributed by atoms with Gasteiger partial charge in [-0.25, -0.2) is 14.4 Å². The predicted molar refractivity (Wildman–Crippen MR) is 180 cm³/mol. The summed E-state index contributed by atoms with van der Waals surface area (Å²) in [6, 6.07) is 11.8. The normalized spacial score (nSPS) is 20.7. The molecule has 4 amide bonds. The number of piperazine rings is 1. The summed E-state index contributed by atoms with van der Waals surface area (Å²) < 4.78 is 11.4. The van der Waals surface area contributed by atoms with E-state index < -0.39 is 18.0 Å². The Morgan fingerprint density at radius 1 is 0.917 bits per heavy atom. The van der Waals surface area contributed by atoms with Crippen LogP contribution in [0.5, 0.6) is 0 Å². The molecule has 0 radical (unpaired) electrons. The molecule has 13 heteroatoms. The summed E-state index contributed by atoms with van der Waals surface area (Å²) in [6.07, 6.45) is 2.40. The first-order valence-corrected chi connectivity index (χ1v) is 17.3. The zero-order valence-corrected chi connectivity index (χ0v) is 27.5. The van der Waals surface area contributed by atoms with E-state index in [-0.39, 0.29) is 24.4 Å². The smallest absolute Gasteiger partial charge is 0.417 e. The molecule has 2 aromatic carbocycles. The summed E-state index contributed by atoms with van der Waals surface area (Å²) in [5, 5.41) is 6.44. The van der Waals surface area contributed by atoms with Crippen molar-refractivity contribution < 1.29 is 23.5 Å². The molecule has 0 spiro atoms. The number of para-hydroxylation sites is 1. The highest BCUT2D eigenvalue weighted by Gasteiger charge is 2.36. The van der Waals surface area contributed by atoms with E-state index in [0.717, 1.165) is 67.8 Å². The molecule has 3 N–H and O–H groups in total. The van der Waals surface area contributed by atoms with Crippen LogP contribution in [0.1, 0.15) is 42.4 Å². The number of nitrogens with zero attached hydrogens (tertiary/aromatic N) is 4. The van der Waals surface area contributed by atoms with E-state index in [2.05, 4.69) is 20.5 Å². The molecule has 13 nitrogen and oxygen atoms in total. The molecule has 256 valence electrons. The second kappa shape index (κ2) is 14.0. The van der Waals surface area contributed by atoms with Crippen molar-refractivity contribution in [2.75, 3.05) is 64.2 Å². The van der Waals surface area contributed by atoms with E-state index in [1.807, 2.05) is 47.1 Å². The molecular formula is C35H45N7O6. The molecule has 1 atom stereocenters. The Bertz CT molecular complexity index is 1700. The third-order valence-corrected chi connectivity index (χ3v) is 10.5. The third kappa shape index (κ3) is 6.93. The van der Waals surface area contributed by atoms with Gasteiger partial charge in [-0.15, -0.1) is 0 Å². The van der Waals surface area contributed by atoms with Gasteiger partial charge in [-0.1, -0.05) is 24.3 Å². The number of piperidine rings is 2. The van der Waals surface area contributed by atoms with E-state index in [9.17, 15) is 19.2 Å². The summed E-state index contributed by atoms with van der Waals surface area (Å²) in [7, 11) is 0. The van der Waals surface area contributed by atoms with Crippen LogP contribution < -0.4 is 16.4 Å². The highest BCUT2D eigenvalue weighted by Crippen LogP contribution is 2.26. The van der Waals surface area contributed by atoms with E-state index in [0.29, 0.717) is 62.7 Å². The molecule has 0 bridgehead atoms. The minimum atomic E-state index is -1.02. The van der Waals surface area contributed by atoms with Gasteiger partial charge in [0.15, 0.2) is 11.7 Å². The predicted octanol–water partition coefficient (Wildman–Crippen LogP) is 2.93. The molecule has 3 fully saturated rings. The van der Waals surface area contributed by atoms with E-state index in [1.165, 1.54) is 0 Å². The number of likely N-dealkylation sites (tertiary alicyclic amines) is 2. The molecule has 4 aliphatic rings. The molecular weight excluding hydrogens is 614 g/mol. The van der Waals surface area contributed by atoms with Crippen LogP contribution in [-0.2, 0) is 22.4 Å². The van der Waals surface area contributed by atoms with Gasteiger partial charge in [0, 0.05) is 83.1 Å². The monoisotopic (exact) mass is 659 g/mol. The number of carbonyl (C=O) groups excluding carboxylic acids is 3. The van der Waals surface area contributed by atoms with Crippen LogP contribution in [0.4, 0.5) is 15.3 Å². The van der Waals surface area contributed by atoms with Gasteiger partial charge in [0.2, 0.25) is 0 Å². The fourth-order valence-corrected chi connectivity index (χ4v) is 7.80. The number of oxazole rings is 1. The maximum atomic E-state index is 14.1.